The van der Waals surface area contributed by atoms with Crippen LogP contribution in [0.25, 0.3) is 33.4 Å². The fraction of sp³-hybridized carbons (Fsp3) is 0.276. The first kappa shape index (κ1) is 22.1. The van der Waals surface area contributed by atoms with Crippen molar-refractivity contribution in [2.24, 2.45) is 0 Å². The highest BCUT2D eigenvalue weighted by atomic mass is 16.7. The Morgan fingerprint density at radius 2 is 1.81 bits per heavy atom. The van der Waals surface area contributed by atoms with Crippen molar-refractivity contribution in [3.8, 4) is 34.0 Å². The fourth-order valence-corrected chi connectivity index (χ4v) is 5.91. The second kappa shape index (κ2) is 7.43. The van der Waals surface area contributed by atoms with Crippen molar-refractivity contribution < 1.29 is 24.1 Å². The van der Waals surface area contributed by atoms with Crippen LogP contribution in [0.1, 0.15) is 41.2 Å². The van der Waals surface area contributed by atoms with Gasteiger partial charge < -0.3 is 23.9 Å². The van der Waals surface area contributed by atoms with Gasteiger partial charge in [0.25, 0.3) is 5.56 Å². The first-order valence-electron chi connectivity index (χ1n) is 12.3. The average Bonchev–Trinajstić information content (AvgIpc) is 3.26. The molecule has 37 heavy (non-hydrogen) atoms. The number of hydrogen-bond acceptors (Lipinski definition) is 7. The van der Waals surface area contributed by atoms with Crippen LogP contribution in [0, 0.1) is 13.8 Å². The van der Waals surface area contributed by atoms with Crippen molar-refractivity contribution in [2.75, 3.05) is 6.79 Å². The molecule has 2 aromatic carbocycles. The number of cyclic esters (lactones) is 1. The Bertz CT molecular complexity index is 1730. The molecule has 1 atom stereocenters. The highest BCUT2D eigenvalue weighted by Crippen LogP contribution is 2.48. The summed E-state index contributed by atoms with van der Waals surface area (Å²) in [7, 11) is 0. The Morgan fingerprint density at radius 1 is 1.03 bits per heavy atom. The number of ether oxygens (including phenoxy) is 3. The number of aromatic nitrogens is 2. The minimum atomic E-state index is -1.88. The molecule has 0 radical (unpaired) electrons. The second-order valence-electron chi connectivity index (χ2n) is 9.99. The van der Waals surface area contributed by atoms with E-state index in [1.54, 1.807) is 17.6 Å². The van der Waals surface area contributed by atoms with Gasteiger partial charge in [0.1, 0.15) is 18.1 Å². The van der Waals surface area contributed by atoms with Crippen LogP contribution in [0.15, 0.2) is 41.2 Å². The summed E-state index contributed by atoms with van der Waals surface area (Å²) in [6, 6.07) is 12.0. The summed E-state index contributed by atoms with van der Waals surface area (Å²) < 4.78 is 18.7. The van der Waals surface area contributed by atoms with Gasteiger partial charge in [-0.15, -0.1) is 0 Å². The molecule has 0 bridgehead atoms. The summed E-state index contributed by atoms with van der Waals surface area (Å²) in [5.74, 6) is 0.585. The van der Waals surface area contributed by atoms with Crippen molar-refractivity contribution in [3.05, 3.63) is 74.6 Å². The molecule has 0 spiro atoms. The largest absolute Gasteiger partial charge is 0.458 e. The molecule has 0 amide bonds. The molecule has 5 heterocycles. The van der Waals surface area contributed by atoms with Gasteiger partial charge in [-0.25, -0.2) is 9.78 Å². The van der Waals surface area contributed by atoms with E-state index in [-0.39, 0.29) is 31.9 Å². The maximum atomic E-state index is 13.6. The van der Waals surface area contributed by atoms with Crippen LogP contribution in [0.5, 0.6) is 11.5 Å². The first-order chi connectivity index (χ1) is 17.8. The standard InChI is InChI=1S/C29H24N2O6/c1-4-29(34)20-10-21-24-18(11-31(21)27(32)19(20)12-35-28(29)33)26-23-22(36-13-37-26)6-5-17(25(23)30-24)16-8-14(2)7-15(3)9-16/h5-10,34H,4,11-13H2,1-3H3/t29-/m0/s1. The number of aryl methyl sites for hydroxylation is 2. The van der Waals surface area contributed by atoms with E-state index in [1.807, 2.05) is 12.1 Å². The van der Waals surface area contributed by atoms with E-state index in [0.717, 1.165) is 33.2 Å². The molecule has 8 heteroatoms. The maximum Gasteiger partial charge on any atom is 0.343 e. The molecule has 0 saturated carbocycles. The maximum absolute atomic E-state index is 13.6. The number of esters is 1. The number of rotatable bonds is 2. The lowest BCUT2D eigenvalue weighted by Gasteiger charge is -2.31. The zero-order chi connectivity index (χ0) is 25.6. The summed E-state index contributed by atoms with van der Waals surface area (Å²) in [6.45, 7) is 5.97. The number of fused-ring (bicyclic) bond motifs is 5. The van der Waals surface area contributed by atoms with Crippen molar-refractivity contribution in [1.82, 2.24) is 9.55 Å². The number of benzene rings is 2. The highest BCUT2D eigenvalue weighted by molar-refractivity contribution is 6.04. The number of hydrogen-bond donors (Lipinski definition) is 1. The number of aliphatic hydroxyl groups is 1. The van der Waals surface area contributed by atoms with Gasteiger partial charge in [0.15, 0.2) is 5.60 Å². The Morgan fingerprint density at radius 3 is 2.57 bits per heavy atom. The van der Waals surface area contributed by atoms with Crippen LogP contribution in [-0.4, -0.2) is 27.4 Å². The SMILES string of the molecule is CC[C@@]1(O)C(=O)OCc2c1cc1n(c2=O)Cc2c-1nc1c(-c3cc(C)cc(C)c3)ccc3c1c2OCO3. The quantitative estimate of drug-likeness (QED) is 0.368. The molecular formula is C29H24N2O6. The molecule has 3 aliphatic rings. The molecule has 2 aromatic heterocycles. The number of pyridine rings is 2. The van der Waals surface area contributed by atoms with E-state index in [0.29, 0.717) is 39.5 Å². The summed E-state index contributed by atoms with van der Waals surface area (Å²) in [5.41, 5.74) is 5.27. The smallest absolute Gasteiger partial charge is 0.343 e. The zero-order valence-electron chi connectivity index (χ0n) is 20.7. The van der Waals surface area contributed by atoms with Crippen LogP contribution in [0.2, 0.25) is 0 Å². The molecule has 8 nitrogen and oxygen atoms in total. The molecule has 1 N–H and O–H groups in total. The second-order valence-corrected chi connectivity index (χ2v) is 9.99. The highest BCUT2D eigenvalue weighted by Gasteiger charge is 2.45. The zero-order valence-corrected chi connectivity index (χ0v) is 20.7. The fourth-order valence-electron chi connectivity index (χ4n) is 5.91. The minimum absolute atomic E-state index is 0.0567. The van der Waals surface area contributed by atoms with E-state index in [2.05, 4.69) is 32.0 Å². The van der Waals surface area contributed by atoms with Crippen molar-refractivity contribution >= 4 is 16.9 Å². The minimum Gasteiger partial charge on any atom is -0.458 e. The third-order valence-electron chi connectivity index (χ3n) is 7.70. The van der Waals surface area contributed by atoms with Gasteiger partial charge in [0.05, 0.1) is 34.4 Å². The Kier molecular flexibility index (Phi) is 4.43. The molecule has 0 aliphatic carbocycles. The lowest BCUT2D eigenvalue weighted by molar-refractivity contribution is -0.172. The van der Waals surface area contributed by atoms with E-state index < -0.39 is 11.6 Å². The molecule has 4 aromatic rings. The summed E-state index contributed by atoms with van der Waals surface area (Å²) in [6.07, 6.45) is 0.0889. The number of nitrogens with zero attached hydrogens (tertiary/aromatic N) is 2. The van der Waals surface area contributed by atoms with Gasteiger partial charge in [0.2, 0.25) is 6.79 Å². The van der Waals surface area contributed by atoms with Gasteiger partial charge in [-0.05, 0) is 44.0 Å². The molecule has 0 unspecified atom stereocenters. The van der Waals surface area contributed by atoms with Crippen molar-refractivity contribution in [2.45, 2.75) is 45.9 Å². The Labute approximate surface area is 212 Å². The molecule has 0 saturated heterocycles. The van der Waals surface area contributed by atoms with Gasteiger partial charge in [-0.3, -0.25) is 4.79 Å². The summed E-state index contributed by atoms with van der Waals surface area (Å²) in [5, 5.41) is 12.0. The van der Waals surface area contributed by atoms with Crippen LogP contribution in [0.3, 0.4) is 0 Å². The summed E-state index contributed by atoms with van der Waals surface area (Å²) >= 11 is 0. The predicted molar refractivity (Wildman–Crippen MR) is 136 cm³/mol. The topological polar surface area (TPSA) is 99.9 Å². The van der Waals surface area contributed by atoms with Crippen molar-refractivity contribution in [3.63, 3.8) is 0 Å². The van der Waals surface area contributed by atoms with Crippen molar-refractivity contribution in [1.29, 1.82) is 0 Å². The predicted octanol–water partition coefficient (Wildman–Crippen LogP) is 4.09. The van der Waals surface area contributed by atoms with E-state index in [1.165, 1.54) is 0 Å². The van der Waals surface area contributed by atoms with Crippen LogP contribution >= 0.6 is 0 Å². The van der Waals surface area contributed by atoms with Gasteiger partial charge >= 0.3 is 5.97 Å². The number of carbonyl (C=O) groups excluding carboxylic acids is 1. The van der Waals surface area contributed by atoms with Crippen LogP contribution in [0.4, 0.5) is 0 Å². The van der Waals surface area contributed by atoms with Gasteiger partial charge in [-0.1, -0.05) is 36.2 Å². The van der Waals surface area contributed by atoms with E-state index in [4.69, 9.17) is 19.2 Å². The van der Waals surface area contributed by atoms with Crippen LogP contribution in [-0.2, 0) is 28.3 Å². The van der Waals surface area contributed by atoms with Crippen LogP contribution < -0.4 is 15.0 Å². The van der Waals surface area contributed by atoms with E-state index in [9.17, 15) is 14.7 Å². The third-order valence-corrected chi connectivity index (χ3v) is 7.70. The van der Waals surface area contributed by atoms with Gasteiger partial charge in [-0.2, -0.15) is 0 Å². The molecule has 3 aliphatic heterocycles. The molecular weight excluding hydrogens is 472 g/mol. The lowest BCUT2D eigenvalue weighted by Crippen LogP contribution is -2.44. The van der Waals surface area contributed by atoms with Gasteiger partial charge in [0, 0.05) is 16.7 Å². The van der Waals surface area contributed by atoms with E-state index >= 15 is 0 Å². The molecule has 0 fully saturated rings. The molecule has 186 valence electrons. The third kappa shape index (κ3) is 2.90. The first-order valence-corrected chi connectivity index (χ1v) is 12.3. The molecule has 7 rings (SSSR count). The average molecular weight is 497 g/mol. The normalized spacial score (nSPS) is 19.0. The Balaban J connectivity index is 1.55. The summed E-state index contributed by atoms with van der Waals surface area (Å²) in [4.78, 5) is 31.2. The monoisotopic (exact) mass is 496 g/mol. The Hall–Kier alpha value is -4.17. The lowest BCUT2D eigenvalue weighted by atomic mass is 9.86. The number of carbonyl (C=O) groups is 1.